The summed E-state index contributed by atoms with van der Waals surface area (Å²) in [5.74, 6) is 1.98. The SMILES string of the molecule is CCNC(=NCC(c1cccnc1)C(C)C)N1CCC2(CCOC2)C1. The first-order chi connectivity index (χ1) is 12.1. The normalized spacial score (nSPS) is 25.1. The van der Waals surface area contributed by atoms with Crippen molar-refractivity contribution >= 4 is 5.96 Å². The highest BCUT2D eigenvalue weighted by atomic mass is 16.5. The zero-order valence-electron chi connectivity index (χ0n) is 15.9. The van der Waals surface area contributed by atoms with Crippen molar-refractivity contribution in [2.45, 2.75) is 39.5 Å². The van der Waals surface area contributed by atoms with Crippen molar-refractivity contribution in [3.05, 3.63) is 30.1 Å². The fourth-order valence-electron chi connectivity index (χ4n) is 3.99. The average Bonchev–Trinajstić information content (AvgIpc) is 3.25. The molecule has 3 heterocycles. The molecule has 1 aromatic rings. The summed E-state index contributed by atoms with van der Waals surface area (Å²) in [6.45, 7) is 12.3. The third kappa shape index (κ3) is 4.32. The summed E-state index contributed by atoms with van der Waals surface area (Å²) in [5.41, 5.74) is 1.64. The molecular formula is C20H32N4O. The molecule has 0 radical (unpaired) electrons. The molecule has 0 aliphatic carbocycles. The number of guanidine groups is 1. The molecule has 2 aliphatic rings. The van der Waals surface area contributed by atoms with Gasteiger partial charge in [0.15, 0.2) is 5.96 Å². The zero-order valence-corrected chi connectivity index (χ0v) is 15.9. The zero-order chi connectivity index (χ0) is 17.7. The summed E-state index contributed by atoms with van der Waals surface area (Å²) in [5, 5.41) is 3.50. The minimum absolute atomic E-state index is 0.358. The minimum Gasteiger partial charge on any atom is -0.381 e. The molecule has 1 N–H and O–H groups in total. The first-order valence-electron chi connectivity index (χ1n) is 9.64. The van der Waals surface area contributed by atoms with Crippen molar-refractivity contribution in [2.75, 3.05) is 39.4 Å². The molecule has 0 saturated carbocycles. The third-order valence-corrected chi connectivity index (χ3v) is 5.61. The van der Waals surface area contributed by atoms with Crippen LogP contribution >= 0.6 is 0 Å². The molecule has 1 aromatic heterocycles. The molecule has 5 heteroatoms. The maximum atomic E-state index is 5.66. The van der Waals surface area contributed by atoms with E-state index in [1.807, 2.05) is 18.5 Å². The lowest BCUT2D eigenvalue weighted by Gasteiger charge is -2.26. The Balaban J connectivity index is 1.71. The molecule has 2 atom stereocenters. The number of rotatable bonds is 5. The summed E-state index contributed by atoms with van der Waals surface area (Å²) in [6.07, 6.45) is 6.22. The van der Waals surface area contributed by atoms with Gasteiger partial charge in [0.1, 0.15) is 0 Å². The van der Waals surface area contributed by atoms with Gasteiger partial charge in [-0.2, -0.15) is 0 Å². The molecule has 0 aromatic carbocycles. The van der Waals surface area contributed by atoms with Gasteiger partial charge in [-0.1, -0.05) is 19.9 Å². The van der Waals surface area contributed by atoms with Crippen molar-refractivity contribution in [1.82, 2.24) is 15.2 Å². The molecule has 25 heavy (non-hydrogen) atoms. The van der Waals surface area contributed by atoms with Crippen molar-refractivity contribution in [3.8, 4) is 0 Å². The van der Waals surface area contributed by atoms with Crippen LogP contribution < -0.4 is 5.32 Å². The standard InChI is InChI=1S/C20H32N4O/c1-4-22-19(24-10-7-20(14-24)8-11-25-15-20)23-13-18(16(2)3)17-6-5-9-21-12-17/h5-6,9,12,16,18H,4,7-8,10-11,13-15H2,1-3H3,(H,22,23). The van der Waals surface area contributed by atoms with Gasteiger partial charge in [-0.3, -0.25) is 9.98 Å². The van der Waals surface area contributed by atoms with E-state index in [0.717, 1.165) is 45.4 Å². The highest BCUT2D eigenvalue weighted by Gasteiger charge is 2.42. The van der Waals surface area contributed by atoms with Gasteiger partial charge in [0, 0.05) is 56.5 Å². The number of ether oxygens (including phenoxy) is 1. The number of hydrogen-bond acceptors (Lipinski definition) is 3. The molecule has 2 saturated heterocycles. The van der Waals surface area contributed by atoms with E-state index < -0.39 is 0 Å². The van der Waals surface area contributed by atoms with Crippen LogP contribution in [0.1, 0.15) is 45.1 Å². The van der Waals surface area contributed by atoms with E-state index in [4.69, 9.17) is 9.73 Å². The van der Waals surface area contributed by atoms with Crippen LogP contribution in [0.4, 0.5) is 0 Å². The number of nitrogens with one attached hydrogen (secondary N) is 1. The second-order valence-electron chi connectivity index (χ2n) is 7.81. The Labute approximate surface area is 151 Å². The molecular weight excluding hydrogens is 312 g/mol. The van der Waals surface area contributed by atoms with E-state index in [1.54, 1.807) is 0 Å². The van der Waals surface area contributed by atoms with Crippen LogP contribution in [0.3, 0.4) is 0 Å². The van der Waals surface area contributed by atoms with E-state index in [9.17, 15) is 0 Å². The fraction of sp³-hybridized carbons (Fsp3) is 0.700. The van der Waals surface area contributed by atoms with Gasteiger partial charge in [0.25, 0.3) is 0 Å². The summed E-state index contributed by atoms with van der Waals surface area (Å²) >= 11 is 0. The van der Waals surface area contributed by atoms with Gasteiger partial charge in [0.05, 0.1) is 6.61 Å². The lowest BCUT2D eigenvalue weighted by Crippen LogP contribution is -2.41. The summed E-state index contributed by atoms with van der Waals surface area (Å²) < 4.78 is 5.66. The highest BCUT2D eigenvalue weighted by molar-refractivity contribution is 5.80. The number of likely N-dealkylation sites (tertiary alicyclic amines) is 1. The van der Waals surface area contributed by atoms with Crippen LogP contribution in [0.2, 0.25) is 0 Å². The highest BCUT2D eigenvalue weighted by Crippen LogP contribution is 2.38. The molecule has 3 rings (SSSR count). The molecule has 2 fully saturated rings. The minimum atomic E-state index is 0.358. The van der Waals surface area contributed by atoms with Gasteiger partial charge in [-0.05, 0) is 37.3 Å². The Morgan fingerprint density at radius 3 is 2.96 bits per heavy atom. The second kappa shape index (κ2) is 8.17. The van der Waals surface area contributed by atoms with Crippen LogP contribution in [0.25, 0.3) is 0 Å². The number of aliphatic imine (C=N–C) groups is 1. The van der Waals surface area contributed by atoms with E-state index in [1.165, 1.54) is 18.4 Å². The maximum Gasteiger partial charge on any atom is 0.193 e. The van der Waals surface area contributed by atoms with Crippen molar-refractivity contribution in [1.29, 1.82) is 0 Å². The van der Waals surface area contributed by atoms with Crippen LogP contribution in [-0.4, -0.2) is 55.2 Å². The molecule has 2 aliphatic heterocycles. The largest absolute Gasteiger partial charge is 0.381 e. The second-order valence-corrected chi connectivity index (χ2v) is 7.81. The molecule has 0 amide bonds. The Morgan fingerprint density at radius 2 is 2.32 bits per heavy atom. The average molecular weight is 345 g/mol. The van der Waals surface area contributed by atoms with Crippen LogP contribution in [0, 0.1) is 11.3 Å². The van der Waals surface area contributed by atoms with Crippen molar-refractivity contribution < 1.29 is 4.74 Å². The van der Waals surface area contributed by atoms with Gasteiger partial charge in [-0.15, -0.1) is 0 Å². The van der Waals surface area contributed by atoms with Gasteiger partial charge >= 0.3 is 0 Å². The maximum absolute atomic E-state index is 5.66. The van der Waals surface area contributed by atoms with Crippen molar-refractivity contribution in [3.63, 3.8) is 0 Å². The Kier molecular flexibility index (Phi) is 5.94. The number of nitrogens with zero attached hydrogens (tertiary/aromatic N) is 3. The fourth-order valence-corrected chi connectivity index (χ4v) is 3.99. The monoisotopic (exact) mass is 344 g/mol. The van der Waals surface area contributed by atoms with E-state index in [0.29, 0.717) is 17.3 Å². The van der Waals surface area contributed by atoms with Crippen LogP contribution in [-0.2, 0) is 4.74 Å². The van der Waals surface area contributed by atoms with Crippen molar-refractivity contribution in [2.24, 2.45) is 16.3 Å². The van der Waals surface area contributed by atoms with Gasteiger partial charge in [0.2, 0.25) is 0 Å². The number of aromatic nitrogens is 1. The molecule has 1 spiro atoms. The molecule has 0 bridgehead atoms. The smallest absolute Gasteiger partial charge is 0.193 e. The Bertz CT molecular complexity index is 566. The lowest BCUT2D eigenvalue weighted by molar-refractivity contribution is 0.156. The number of pyridine rings is 1. The first-order valence-corrected chi connectivity index (χ1v) is 9.64. The Hall–Kier alpha value is -1.62. The quantitative estimate of drug-likeness (QED) is 0.659. The van der Waals surface area contributed by atoms with E-state index in [2.05, 4.69) is 42.0 Å². The van der Waals surface area contributed by atoms with E-state index in [-0.39, 0.29) is 0 Å². The predicted molar refractivity (Wildman–Crippen MR) is 102 cm³/mol. The summed E-state index contributed by atoms with van der Waals surface area (Å²) in [6, 6.07) is 4.19. The molecule has 138 valence electrons. The van der Waals surface area contributed by atoms with Crippen LogP contribution in [0.5, 0.6) is 0 Å². The van der Waals surface area contributed by atoms with Gasteiger partial charge < -0.3 is 15.0 Å². The topological polar surface area (TPSA) is 49.8 Å². The van der Waals surface area contributed by atoms with Crippen LogP contribution in [0.15, 0.2) is 29.5 Å². The third-order valence-electron chi connectivity index (χ3n) is 5.61. The Morgan fingerprint density at radius 1 is 1.44 bits per heavy atom. The summed E-state index contributed by atoms with van der Waals surface area (Å²) in [4.78, 5) is 11.7. The first kappa shape index (κ1) is 18.2. The predicted octanol–water partition coefficient (Wildman–Crippen LogP) is 2.90. The molecule has 2 unspecified atom stereocenters. The van der Waals surface area contributed by atoms with Gasteiger partial charge in [-0.25, -0.2) is 0 Å². The molecule has 5 nitrogen and oxygen atoms in total. The lowest BCUT2D eigenvalue weighted by atomic mass is 9.87. The summed E-state index contributed by atoms with van der Waals surface area (Å²) in [7, 11) is 0. The number of hydrogen-bond donors (Lipinski definition) is 1. The van der Waals surface area contributed by atoms with E-state index >= 15 is 0 Å².